The van der Waals surface area contributed by atoms with Crippen LogP contribution in [0, 0.1) is 0 Å². The first kappa shape index (κ1) is 15.5. The van der Waals surface area contributed by atoms with Crippen LogP contribution in [0.15, 0.2) is 24.4 Å². The molecule has 0 aromatic carbocycles. The van der Waals surface area contributed by atoms with E-state index in [1.54, 1.807) is 6.20 Å². The summed E-state index contributed by atoms with van der Waals surface area (Å²) >= 11 is 0. The molecule has 1 fully saturated rings. The number of carbonyl (C=O) groups is 2. The van der Waals surface area contributed by atoms with Crippen LogP contribution < -0.4 is 10.6 Å². The molecule has 114 valence electrons. The van der Waals surface area contributed by atoms with Gasteiger partial charge in [-0.3, -0.25) is 14.6 Å². The first-order valence-electron chi connectivity index (χ1n) is 7.70. The van der Waals surface area contributed by atoms with E-state index in [1.165, 1.54) is 19.3 Å². The third kappa shape index (κ3) is 5.94. The molecule has 1 aromatic rings. The zero-order valence-electron chi connectivity index (χ0n) is 12.3. The van der Waals surface area contributed by atoms with E-state index in [1.807, 2.05) is 18.2 Å². The molecule has 5 heteroatoms. The zero-order chi connectivity index (χ0) is 14.9. The molecular formula is C16H23N3O2. The molecule has 1 aliphatic carbocycles. The number of nitrogens with one attached hydrogen (secondary N) is 2. The number of aromatic nitrogens is 1. The first-order valence-corrected chi connectivity index (χ1v) is 7.70. The third-order valence-corrected chi connectivity index (χ3v) is 3.74. The van der Waals surface area contributed by atoms with Gasteiger partial charge in [0.2, 0.25) is 11.8 Å². The average molecular weight is 289 g/mol. The Morgan fingerprint density at radius 3 is 2.57 bits per heavy atom. The van der Waals surface area contributed by atoms with Gasteiger partial charge in [0.05, 0.1) is 12.2 Å². The SMILES string of the molecule is O=C(CCC(=O)NC1CCCCC1)NCc1ccccn1. The Hall–Kier alpha value is -1.91. The summed E-state index contributed by atoms with van der Waals surface area (Å²) in [7, 11) is 0. The number of amides is 2. The van der Waals surface area contributed by atoms with Gasteiger partial charge in [0.15, 0.2) is 0 Å². The zero-order valence-corrected chi connectivity index (χ0v) is 12.3. The fourth-order valence-corrected chi connectivity index (χ4v) is 2.55. The van der Waals surface area contributed by atoms with Gasteiger partial charge in [-0.05, 0) is 25.0 Å². The Labute approximate surface area is 125 Å². The highest BCUT2D eigenvalue weighted by Gasteiger charge is 2.16. The molecule has 0 atom stereocenters. The summed E-state index contributed by atoms with van der Waals surface area (Å²) in [5, 5.41) is 5.79. The molecule has 2 rings (SSSR count). The fraction of sp³-hybridized carbons (Fsp3) is 0.562. The number of carbonyl (C=O) groups excluding carboxylic acids is 2. The number of hydrogen-bond donors (Lipinski definition) is 2. The van der Waals surface area contributed by atoms with Crippen molar-refractivity contribution in [2.24, 2.45) is 0 Å². The summed E-state index contributed by atoms with van der Waals surface area (Å²) in [4.78, 5) is 27.6. The summed E-state index contributed by atoms with van der Waals surface area (Å²) in [6.07, 6.45) is 7.96. The van der Waals surface area contributed by atoms with E-state index in [0.717, 1.165) is 18.5 Å². The molecule has 0 unspecified atom stereocenters. The van der Waals surface area contributed by atoms with Gasteiger partial charge < -0.3 is 10.6 Å². The Kier molecular flexibility index (Phi) is 6.19. The van der Waals surface area contributed by atoms with Gasteiger partial charge in [0.25, 0.3) is 0 Å². The van der Waals surface area contributed by atoms with Crippen molar-refractivity contribution in [2.45, 2.75) is 57.5 Å². The molecule has 0 aliphatic heterocycles. The third-order valence-electron chi connectivity index (χ3n) is 3.74. The molecule has 0 radical (unpaired) electrons. The van der Waals surface area contributed by atoms with Crippen molar-refractivity contribution in [3.63, 3.8) is 0 Å². The lowest BCUT2D eigenvalue weighted by Crippen LogP contribution is -2.36. The van der Waals surface area contributed by atoms with Gasteiger partial charge in [-0.2, -0.15) is 0 Å². The van der Waals surface area contributed by atoms with Gasteiger partial charge in [0, 0.05) is 25.1 Å². The average Bonchev–Trinajstić information content (AvgIpc) is 2.53. The van der Waals surface area contributed by atoms with Crippen molar-refractivity contribution in [2.75, 3.05) is 0 Å². The summed E-state index contributed by atoms with van der Waals surface area (Å²) in [5.74, 6) is -0.130. The van der Waals surface area contributed by atoms with E-state index < -0.39 is 0 Å². The van der Waals surface area contributed by atoms with Gasteiger partial charge in [-0.15, -0.1) is 0 Å². The van der Waals surface area contributed by atoms with Gasteiger partial charge in [0.1, 0.15) is 0 Å². The lowest BCUT2D eigenvalue weighted by atomic mass is 9.95. The molecule has 0 bridgehead atoms. The van der Waals surface area contributed by atoms with Crippen LogP contribution in [-0.2, 0) is 16.1 Å². The van der Waals surface area contributed by atoms with E-state index in [9.17, 15) is 9.59 Å². The van der Waals surface area contributed by atoms with Crippen LogP contribution in [0.2, 0.25) is 0 Å². The standard InChI is InChI=1S/C16H23N3O2/c20-15(18-12-14-8-4-5-11-17-14)9-10-16(21)19-13-6-2-1-3-7-13/h4-5,8,11,13H,1-3,6-7,9-10,12H2,(H,18,20)(H,19,21). The second-order valence-corrected chi connectivity index (χ2v) is 5.50. The molecule has 5 nitrogen and oxygen atoms in total. The van der Waals surface area contributed by atoms with Crippen LogP contribution in [0.25, 0.3) is 0 Å². The minimum Gasteiger partial charge on any atom is -0.353 e. The molecule has 0 spiro atoms. The van der Waals surface area contributed by atoms with Crippen LogP contribution in [-0.4, -0.2) is 22.8 Å². The largest absolute Gasteiger partial charge is 0.353 e. The molecule has 1 saturated carbocycles. The number of rotatable bonds is 6. The highest BCUT2D eigenvalue weighted by atomic mass is 16.2. The molecule has 0 saturated heterocycles. The minimum absolute atomic E-state index is 0.0186. The fourth-order valence-electron chi connectivity index (χ4n) is 2.55. The maximum atomic E-state index is 11.8. The van der Waals surface area contributed by atoms with E-state index in [2.05, 4.69) is 15.6 Å². The van der Waals surface area contributed by atoms with E-state index in [-0.39, 0.29) is 24.7 Å². The number of hydrogen-bond acceptors (Lipinski definition) is 3. The molecule has 1 heterocycles. The smallest absolute Gasteiger partial charge is 0.220 e. The predicted octanol–water partition coefficient (Wildman–Crippen LogP) is 1.93. The summed E-state index contributed by atoms with van der Waals surface area (Å²) in [6.45, 7) is 0.407. The van der Waals surface area contributed by atoms with E-state index >= 15 is 0 Å². The summed E-state index contributed by atoms with van der Waals surface area (Å²) < 4.78 is 0. The lowest BCUT2D eigenvalue weighted by molar-refractivity contribution is -0.127. The lowest BCUT2D eigenvalue weighted by Gasteiger charge is -2.22. The van der Waals surface area contributed by atoms with Crippen molar-refractivity contribution in [1.82, 2.24) is 15.6 Å². The minimum atomic E-state index is -0.112. The van der Waals surface area contributed by atoms with Crippen LogP contribution >= 0.6 is 0 Å². The Bertz CT molecular complexity index is 456. The highest BCUT2D eigenvalue weighted by molar-refractivity contribution is 5.83. The van der Waals surface area contributed by atoms with Gasteiger partial charge in [-0.25, -0.2) is 0 Å². The highest BCUT2D eigenvalue weighted by Crippen LogP contribution is 2.17. The molecular weight excluding hydrogens is 266 g/mol. The maximum Gasteiger partial charge on any atom is 0.220 e. The normalized spacial score (nSPS) is 15.4. The number of pyridine rings is 1. The van der Waals surface area contributed by atoms with Crippen molar-refractivity contribution in [1.29, 1.82) is 0 Å². The second kappa shape index (κ2) is 8.39. The van der Waals surface area contributed by atoms with Crippen LogP contribution in [0.3, 0.4) is 0 Å². The second-order valence-electron chi connectivity index (χ2n) is 5.50. The Balaban J connectivity index is 1.60. The summed E-state index contributed by atoms with van der Waals surface area (Å²) in [5.41, 5.74) is 0.817. The molecule has 21 heavy (non-hydrogen) atoms. The van der Waals surface area contributed by atoms with Gasteiger partial charge >= 0.3 is 0 Å². The predicted molar refractivity (Wildman–Crippen MR) is 80.3 cm³/mol. The van der Waals surface area contributed by atoms with Crippen molar-refractivity contribution in [3.05, 3.63) is 30.1 Å². The van der Waals surface area contributed by atoms with E-state index in [0.29, 0.717) is 12.6 Å². The number of nitrogens with zero attached hydrogens (tertiary/aromatic N) is 1. The monoisotopic (exact) mass is 289 g/mol. The van der Waals surface area contributed by atoms with Gasteiger partial charge in [-0.1, -0.05) is 25.3 Å². The molecule has 2 amide bonds. The Morgan fingerprint density at radius 1 is 1.10 bits per heavy atom. The summed E-state index contributed by atoms with van der Waals surface area (Å²) in [6, 6.07) is 5.88. The van der Waals surface area contributed by atoms with Crippen molar-refractivity contribution >= 4 is 11.8 Å². The Morgan fingerprint density at radius 2 is 1.86 bits per heavy atom. The quantitative estimate of drug-likeness (QED) is 0.840. The van der Waals surface area contributed by atoms with E-state index in [4.69, 9.17) is 0 Å². The molecule has 1 aromatic heterocycles. The molecule has 1 aliphatic rings. The van der Waals surface area contributed by atoms with Crippen molar-refractivity contribution < 1.29 is 9.59 Å². The molecule has 2 N–H and O–H groups in total. The van der Waals surface area contributed by atoms with Crippen LogP contribution in [0.5, 0.6) is 0 Å². The first-order chi connectivity index (χ1) is 10.2. The van der Waals surface area contributed by atoms with Crippen molar-refractivity contribution in [3.8, 4) is 0 Å². The topological polar surface area (TPSA) is 71.1 Å². The van der Waals surface area contributed by atoms with Crippen LogP contribution in [0.1, 0.15) is 50.6 Å². The van der Waals surface area contributed by atoms with Crippen LogP contribution in [0.4, 0.5) is 0 Å². The maximum absolute atomic E-state index is 11.8.